The Morgan fingerprint density at radius 2 is 1.68 bits per heavy atom. The first kappa shape index (κ1) is 16.4. The molecule has 22 heavy (non-hydrogen) atoms. The average Bonchev–Trinajstić information content (AvgIpc) is 2.97. The quantitative estimate of drug-likeness (QED) is 0.676. The fourth-order valence-corrected chi connectivity index (χ4v) is 2.90. The molecule has 0 spiro atoms. The molecule has 1 aromatic carbocycles. The second-order valence-corrected chi connectivity index (χ2v) is 6.89. The van der Waals surface area contributed by atoms with Crippen LogP contribution in [0.1, 0.15) is 31.2 Å². The maximum absolute atomic E-state index is 11.7. The van der Waals surface area contributed by atoms with Gasteiger partial charge in [0.1, 0.15) is 0 Å². The molecular weight excluding hydrogens is 306 g/mol. The molecule has 1 fully saturated rings. The smallest absolute Gasteiger partial charge is 0.309 e. The van der Waals surface area contributed by atoms with Crippen molar-refractivity contribution in [2.24, 2.45) is 5.14 Å². The van der Waals surface area contributed by atoms with Crippen LogP contribution in [0.15, 0.2) is 29.2 Å². The number of amides is 2. The van der Waals surface area contributed by atoms with Crippen LogP contribution in [0, 0.1) is 0 Å². The van der Waals surface area contributed by atoms with E-state index in [4.69, 9.17) is 5.14 Å². The molecule has 0 radical (unpaired) electrons. The fourth-order valence-electron chi connectivity index (χ4n) is 2.38. The Morgan fingerprint density at radius 3 is 2.23 bits per heavy atom. The summed E-state index contributed by atoms with van der Waals surface area (Å²) in [6.07, 6.45) is 3.97. The van der Waals surface area contributed by atoms with Gasteiger partial charge in [-0.1, -0.05) is 25.0 Å². The van der Waals surface area contributed by atoms with Crippen molar-refractivity contribution >= 4 is 21.8 Å². The molecule has 0 bridgehead atoms. The topological polar surface area (TPSA) is 118 Å². The maximum Gasteiger partial charge on any atom is 0.309 e. The van der Waals surface area contributed by atoms with Gasteiger partial charge in [-0.3, -0.25) is 9.59 Å². The Labute approximate surface area is 129 Å². The van der Waals surface area contributed by atoms with Gasteiger partial charge in [0.05, 0.1) is 4.90 Å². The molecule has 7 nitrogen and oxygen atoms in total. The largest absolute Gasteiger partial charge is 0.345 e. The summed E-state index contributed by atoms with van der Waals surface area (Å²) in [5.41, 5.74) is 0.675. The van der Waals surface area contributed by atoms with Gasteiger partial charge < -0.3 is 10.6 Å². The Balaban J connectivity index is 1.84. The molecule has 1 aromatic rings. The summed E-state index contributed by atoms with van der Waals surface area (Å²) in [5, 5.41) is 10.2. The van der Waals surface area contributed by atoms with E-state index < -0.39 is 21.8 Å². The van der Waals surface area contributed by atoms with Crippen molar-refractivity contribution in [1.82, 2.24) is 10.6 Å². The van der Waals surface area contributed by atoms with E-state index >= 15 is 0 Å². The van der Waals surface area contributed by atoms with Crippen LogP contribution in [0.5, 0.6) is 0 Å². The molecule has 0 saturated heterocycles. The number of primary sulfonamides is 1. The zero-order valence-electron chi connectivity index (χ0n) is 12.0. The van der Waals surface area contributed by atoms with Gasteiger partial charge in [-0.25, -0.2) is 13.6 Å². The number of benzene rings is 1. The Hall–Kier alpha value is -1.93. The third-order valence-electron chi connectivity index (χ3n) is 3.60. The Morgan fingerprint density at radius 1 is 1.09 bits per heavy atom. The lowest BCUT2D eigenvalue weighted by atomic mass is 10.2. The SMILES string of the molecule is NS(=O)(=O)c1ccc(CNC(=O)C(=O)NC2CCCC2)cc1. The van der Waals surface area contributed by atoms with Crippen LogP contribution >= 0.6 is 0 Å². The van der Waals surface area contributed by atoms with Crippen molar-refractivity contribution in [2.75, 3.05) is 0 Å². The summed E-state index contributed by atoms with van der Waals surface area (Å²) < 4.78 is 22.2. The number of sulfonamides is 1. The number of nitrogens with one attached hydrogen (secondary N) is 2. The molecule has 0 unspecified atom stereocenters. The second-order valence-electron chi connectivity index (χ2n) is 5.33. The minimum absolute atomic E-state index is 0.00144. The van der Waals surface area contributed by atoms with Gasteiger partial charge in [-0.2, -0.15) is 0 Å². The van der Waals surface area contributed by atoms with Gasteiger partial charge >= 0.3 is 11.8 Å². The summed E-state index contributed by atoms with van der Waals surface area (Å²) in [4.78, 5) is 23.4. The molecule has 1 saturated carbocycles. The van der Waals surface area contributed by atoms with Crippen molar-refractivity contribution in [3.8, 4) is 0 Å². The first-order chi connectivity index (χ1) is 10.4. The van der Waals surface area contributed by atoms with Crippen LogP contribution < -0.4 is 15.8 Å². The first-order valence-electron chi connectivity index (χ1n) is 7.07. The monoisotopic (exact) mass is 325 g/mol. The predicted molar refractivity (Wildman–Crippen MR) is 80.1 cm³/mol. The van der Waals surface area contributed by atoms with Crippen molar-refractivity contribution < 1.29 is 18.0 Å². The van der Waals surface area contributed by atoms with E-state index in [2.05, 4.69) is 10.6 Å². The highest BCUT2D eigenvalue weighted by atomic mass is 32.2. The Kier molecular flexibility index (Phi) is 5.15. The van der Waals surface area contributed by atoms with E-state index in [1.54, 1.807) is 0 Å². The number of hydrogen-bond acceptors (Lipinski definition) is 4. The molecule has 0 aliphatic heterocycles. The van der Waals surface area contributed by atoms with Crippen molar-refractivity contribution in [3.63, 3.8) is 0 Å². The van der Waals surface area contributed by atoms with Gasteiger partial charge in [0.25, 0.3) is 0 Å². The number of carbonyl (C=O) groups excluding carboxylic acids is 2. The molecule has 0 atom stereocenters. The van der Waals surface area contributed by atoms with E-state index in [0.717, 1.165) is 25.7 Å². The van der Waals surface area contributed by atoms with Gasteiger partial charge in [0.15, 0.2) is 0 Å². The highest BCUT2D eigenvalue weighted by molar-refractivity contribution is 7.89. The van der Waals surface area contributed by atoms with E-state index in [0.29, 0.717) is 5.56 Å². The molecule has 120 valence electrons. The van der Waals surface area contributed by atoms with Gasteiger partial charge in [0, 0.05) is 12.6 Å². The van der Waals surface area contributed by atoms with Crippen molar-refractivity contribution in [1.29, 1.82) is 0 Å². The van der Waals surface area contributed by atoms with Gasteiger partial charge in [-0.05, 0) is 30.5 Å². The molecular formula is C14H19N3O4S. The molecule has 0 aromatic heterocycles. The first-order valence-corrected chi connectivity index (χ1v) is 8.61. The number of carbonyl (C=O) groups is 2. The number of nitrogens with two attached hydrogens (primary N) is 1. The molecule has 0 heterocycles. The number of hydrogen-bond donors (Lipinski definition) is 3. The lowest BCUT2D eigenvalue weighted by molar-refractivity contribution is -0.139. The van der Waals surface area contributed by atoms with E-state index in [9.17, 15) is 18.0 Å². The van der Waals surface area contributed by atoms with E-state index in [1.807, 2.05) is 0 Å². The molecule has 2 rings (SSSR count). The van der Waals surface area contributed by atoms with Crippen molar-refractivity contribution in [2.45, 2.75) is 43.2 Å². The Bertz CT molecular complexity index is 649. The van der Waals surface area contributed by atoms with Crippen LogP contribution in [-0.4, -0.2) is 26.3 Å². The lowest BCUT2D eigenvalue weighted by Crippen LogP contribution is -2.43. The van der Waals surface area contributed by atoms with Crippen LogP contribution in [0.4, 0.5) is 0 Å². The summed E-state index contributed by atoms with van der Waals surface area (Å²) >= 11 is 0. The number of rotatable bonds is 4. The van der Waals surface area contributed by atoms with Crippen molar-refractivity contribution in [3.05, 3.63) is 29.8 Å². The lowest BCUT2D eigenvalue weighted by Gasteiger charge is -2.11. The summed E-state index contributed by atoms with van der Waals surface area (Å²) in [6.45, 7) is 0.141. The molecule has 1 aliphatic carbocycles. The predicted octanol–water partition coefficient (Wildman–Crippen LogP) is 0.00900. The minimum Gasteiger partial charge on any atom is -0.345 e. The van der Waals surface area contributed by atoms with Crippen LogP contribution in [0.2, 0.25) is 0 Å². The maximum atomic E-state index is 11.7. The van der Waals surface area contributed by atoms with E-state index in [1.165, 1.54) is 24.3 Å². The highest BCUT2D eigenvalue weighted by Crippen LogP contribution is 2.17. The standard InChI is InChI=1S/C14H19N3O4S/c15-22(20,21)12-7-5-10(6-8-12)9-16-13(18)14(19)17-11-3-1-2-4-11/h5-8,11H,1-4,9H2,(H,16,18)(H,17,19)(H2,15,20,21). The zero-order valence-corrected chi connectivity index (χ0v) is 12.9. The highest BCUT2D eigenvalue weighted by Gasteiger charge is 2.21. The van der Waals surface area contributed by atoms with Gasteiger partial charge in [-0.15, -0.1) is 0 Å². The summed E-state index contributed by atoms with van der Waals surface area (Å²) in [7, 11) is -3.73. The zero-order chi connectivity index (χ0) is 16.2. The molecule has 4 N–H and O–H groups in total. The van der Waals surface area contributed by atoms with Crippen LogP contribution in [-0.2, 0) is 26.2 Å². The third kappa shape index (κ3) is 4.54. The molecule has 1 aliphatic rings. The minimum atomic E-state index is -3.73. The van der Waals surface area contributed by atoms with E-state index in [-0.39, 0.29) is 17.5 Å². The molecule has 2 amide bonds. The fraction of sp³-hybridized carbons (Fsp3) is 0.429. The summed E-state index contributed by atoms with van der Waals surface area (Å²) in [6, 6.07) is 5.88. The van der Waals surface area contributed by atoms with Gasteiger partial charge in [0.2, 0.25) is 10.0 Å². The summed E-state index contributed by atoms with van der Waals surface area (Å²) in [5.74, 6) is -1.32. The third-order valence-corrected chi connectivity index (χ3v) is 4.53. The molecule has 8 heteroatoms. The normalized spacial score (nSPS) is 15.5. The van der Waals surface area contributed by atoms with Crippen LogP contribution in [0.3, 0.4) is 0 Å². The van der Waals surface area contributed by atoms with Crippen LogP contribution in [0.25, 0.3) is 0 Å². The average molecular weight is 325 g/mol. The second kappa shape index (κ2) is 6.89.